The molecule has 2 aromatic carbocycles. The summed E-state index contributed by atoms with van der Waals surface area (Å²) < 4.78 is 9.78. The van der Waals surface area contributed by atoms with Crippen molar-refractivity contribution in [1.29, 1.82) is 0 Å². The first-order valence-electron chi connectivity index (χ1n) is 19.0. The van der Waals surface area contributed by atoms with E-state index in [2.05, 4.69) is 177 Å². The monoisotopic (exact) mass is 900 g/mol. The maximum Gasteiger partial charge on any atom is 3.00 e. The molecule has 0 saturated heterocycles. The molecular weight excluding hydrogens is 821 g/mol. The van der Waals surface area contributed by atoms with Crippen LogP contribution in [0.15, 0.2) is 70.0 Å². The Labute approximate surface area is 390 Å². The van der Waals surface area contributed by atoms with Crippen LogP contribution in [0.2, 0.25) is 78.6 Å². The minimum Gasteiger partial charge on any atom is -0.693 e. The molecule has 0 saturated carbocycles. The quantitative estimate of drug-likeness (QED) is 0.0829. The first kappa shape index (κ1) is 64.1. The zero-order valence-corrected chi connectivity index (χ0v) is 47.3. The van der Waals surface area contributed by atoms with Crippen LogP contribution in [0.25, 0.3) is 9.96 Å². The second-order valence-electron chi connectivity index (χ2n) is 19.9. The Morgan fingerprint density at radius 3 is 0.893 bits per heavy atom. The first-order chi connectivity index (χ1) is 24.1. The van der Waals surface area contributed by atoms with Gasteiger partial charge in [0.15, 0.2) is 0 Å². The van der Waals surface area contributed by atoms with Crippen LogP contribution >= 0.6 is 0 Å². The molecule has 306 valence electrons. The van der Waals surface area contributed by atoms with Gasteiger partial charge in [-0.25, -0.2) is 0 Å². The molecule has 0 heterocycles. The van der Waals surface area contributed by atoms with Gasteiger partial charge in [0.2, 0.25) is 0 Å². The van der Waals surface area contributed by atoms with Crippen molar-refractivity contribution in [3.8, 4) is 11.8 Å². The Hall–Kier alpha value is -1.01. The summed E-state index contributed by atoms with van der Waals surface area (Å²) in [6, 6.07) is 20.7. The van der Waals surface area contributed by atoms with Crippen molar-refractivity contribution in [2.45, 2.75) is 120 Å². The molecule has 0 aliphatic heterocycles. The van der Waals surface area contributed by atoms with Crippen LogP contribution in [0, 0.1) is 35.5 Å². The van der Waals surface area contributed by atoms with Gasteiger partial charge in [0.25, 0.3) is 0 Å². The third-order valence-corrected chi connectivity index (χ3v) is 9.10. The normalized spacial score (nSPS) is 12.1. The van der Waals surface area contributed by atoms with Crippen LogP contribution in [0.3, 0.4) is 0 Å². The summed E-state index contributed by atoms with van der Waals surface area (Å²) >= 11 is 0. The molecule has 0 atom stereocenters. The van der Waals surface area contributed by atoms with Gasteiger partial charge in [-0.2, -0.15) is 0 Å². The number of hydrogen-bond donors (Lipinski definition) is 0. The van der Waals surface area contributed by atoms with E-state index in [0.29, 0.717) is 0 Å². The van der Waals surface area contributed by atoms with Gasteiger partial charge in [0.05, 0.1) is 0 Å². The van der Waals surface area contributed by atoms with Gasteiger partial charge in [-0.1, -0.05) is 192 Å². The fourth-order valence-corrected chi connectivity index (χ4v) is 6.61. The Bertz CT molecular complexity index is 1320. The maximum absolute atomic E-state index is 6.60. The second kappa shape index (κ2) is 30.1. The van der Waals surface area contributed by atoms with E-state index in [1.807, 2.05) is 53.7 Å². The minimum atomic E-state index is -1.49. The van der Waals surface area contributed by atoms with E-state index in [1.54, 1.807) is 0 Å². The van der Waals surface area contributed by atoms with Crippen LogP contribution in [0.1, 0.15) is 52.7 Å². The molecule has 0 aliphatic rings. The van der Waals surface area contributed by atoms with E-state index >= 15 is 0 Å². The number of rotatable bonds is 9. The molecule has 0 unspecified atom stereocenters. The Kier molecular flexibility index (Phi) is 34.5. The Morgan fingerprint density at radius 2 is 0.750 bits per heavy atom. The molecule has 0 aromatic heterocycles. The van der Waals surface area contributed by atoms with E-state index < -0.39 is 32.9 Å². The molecule has 0 radical (unpaired) electrons. The standard InChI is InChI=1S/2C13H23N2Si2.C6H16N2.2C6H9.Li.Y/c2*1-16(2,3)14-13(15-17(4,5)6)12-10-8-7-9-11-12;1-7(2)5-6-8(3)4;2*1-5-6(2,3)4;;/h2*7-11H,1-6H3;5-6H2,1-4H3;2*2-4H3;;/q2*-1;;2*-1;+1;+3. The summed E-state index contributed by atoms with van der Waals surface area (Å²) in [5, 5.41) is 0. The Balaban J connectivity index is -0.000000207. The number of likely N-dealkylation sites (N-methyl/N-ethyl adjacent to an activating group) is 2. The van der Waals surface area contributed by atoms with E-state index in [0.717, 1.165) is 35.9 Å². The van der Waals surface area contributed by atoms with Gasteiger partial charge in [-0.05, 0) is 50.1 Å². The van der Waals surface area contributed by atoms with Crippen molar-refractivity contribution < 1.29 is 51.6 Å². The molecule has 56 heavy (non-hydrogen) atoms. The average Bonchev–Trinajstić information content (AvgIpc) is 2.98. The summed E-state index contributed by atoms with van der Waals surface area (Å²) in [6.07, 6.45) is 13.2. The molecule has 2 rings (SSSR count). The zero-order chi connectivity index (χ0) is 43.2. The van der Waals surface area contributed by atoms with Crippen molar-refractivity contribution in [1.82, 2.24) is 9.80 Å². The molecule has 2 aromatic rings. The van der Waals surface area contributed by atoms with E-state index in [4.69, 9.17) is 32.1 Å². The van der Waals surface area contributed by atoms with Crippen molar-refractivity contribution >= 4 is 44.6 Å². The van der Waals surface area contributed by atoms with Gasteiger partial charge < -0.3 is 53.8 Å². The van der Waals surface area contributed by atoms with Gasteiger partial charge >= 0.3 is 51.6 Å². The third kappa shape index (κ3) is 49.1. The van der Waals surface area contributed by atoms with Crippen LogP contribution in [-0.4, -0.2) is 95.7 Å². The number of benzene rings is 2. The molecule has 12 heteroatoms. The van der Waals surface area contributed by atoms with Crippen LogP contribution in [-0.2, 0) is 32.7 Å². The first-order valence-corrected chi connectivity index (χ1v) is 32.8. The van der Waals surface area contributed by atoms with Crippen LogP contribution < -0.4 is 18.9 Å². The molecule has 0 fully saturated rings. The van der Waals surface area contributed by atoms with E-state index in [9.17, 15) is 0 Å². The fourth-order valence-electron chi connectivity index (χ4n) is 3.15. The molecular formula is C44H80LiN6Si4Y. The zero-order valence-electron chi connectivity index (χ0n) is 40.4. The van der Waals surface area contributed by atoms with Gasteiger partial charge in [-0.15, -0.1) is 0 Å². The molecule has 6 nitrogen and oxygen atoms in total. The fraction of sp³-hybridized carbons (Fsp3) is 0.591. The van der Waals surface area contributed by atoms with Crippen molar-refractivity contribution in [3.63, 3.8) is 0 Å². The van der Waals surface area contributed by atoms with Gasteiger partial charge in [0, 0.05) is 46.0 Å². The van der Waals surface area contributed by atoms with E-state index in [-0.39, 0.29) is 62.4 Å². The molecule has 0 amide bonds. The second-order valence-corrected chi connectivity index (χ2v) is 38.1. The summed E-state index contributed by atoms with van der Waals surface area (Å²) in [6.45, 7) is 40.9. The van der Waals surface area contributed by atoms with Gasteiger partial charge in [-0.3, -0.25) is 0 Å². The van der Waals surface area contributed by atoms with Crippen LogP contribution in [0.5, 0.6) is 0 Å². The SMILES string of the molecule is CN(C)CCN(C)C.C[Si](C)(C)/N=C(/[N-][Si](C)(C)C)c1ccccc1.C[Si](C)(C)/N=C(/[N-][Si](C)(C)C)c1ccccc1.[C-]#CC(C)(C)C.[C-]#CC(C)(C)C.[Li+].[Y+3]. The number of hydrogen-bond acceptors (Lipinski definition) is 4. The number of nitrogens with zero attached hydrogens (tertiary/aromatic N) is 6. The summed E-state index contributed by atoms with van der Waals surface area (Å²) in [7, 11) is 2.40. The van der Waals surface area contributed by atoms with E-state index in [1.165, 1.54) is 0 Å². The predicted octanol–water partition coefficient (Wildman–Crippen LogP) is 9.31. The van der Waals surface area contributed by atoms with Crippen molar-refractivity contribution in [2.24, 2.45) is 20.1 Å². The molecule has 0 bridgehead atoms. The summed E-state index contributed by atoms with van der Waals surface area (Å²) in [4.78, 5) is 14.1. The molecule has 0 spiro atoms. The minimum absolute atomic E-state index is 0. The molecule has 0 aliphatic carbocycles. The smallest absolute Gasteiger partial charge is 0.693 e. The molecule has 0 N–H and O–H groups in total. The maximum atomic E-state index is 6.60. The predicted molar refractivity (Wildman–Crippen MR) is 256 cm³/mol. The summed E-state index contributed by atoms with van der Waals surface area (Å²) in [5.74, 6) is 6.63. The average molecular weight is 901 g/mol. The van der Waals surface area contributed by atoms with Crippen LogP contribution in [0.4, 0.5) is 0 Å². The topological polar surface area (TPSA) is 59.4 Å². The third-order valence-electron chi connectivity index (χ3n) is 5.57. The number of amidine groups is 2. The summed E-state index contributed by atoms with van der Waals surface area (Å²) in [5.41, 5.74) is 2.22. The Morgan fingerprint density at radius 1 is 0.536 bits per heavy atom. The van der Waals surface area contributed by atoms with Crippen molar-refractivity contribution in [3.05, 3.63) is 94.6 Å². The largest absolute Gasteiger partial charge is 3.00 e. The van der Waals surface area contributed by atoms with Gasteiger partial charge in [0.1, 0.15) is 0 Å². The van der Waals surface area contributed by atoms with Crippen molar-refractivity contribution in [2.75, 3.05) is 41.3 Å².